The maximum Gasteiger partial charge on any atom is 0.259 e. The summed E-state index contributed by atoms with van der Waals surface area (Å²) in [5, 5.41) is 5.13. The third-order valence-corrected chi connectivity index (χ3v) is 4.05. The van der Waals surface area contributed by atoms with E-state index in [1.165, 1.54) is 12.8 Å². The monoisotopic (exact) mass is 268 g/mol. The normalized spacial score (nSPS) is 16.4. The molecule has 0 bridgehead atoms. The molecule has 1 fully saturated rings. The van der Waals surface area contributed by atoms with E-state index in [0.29, 0.717) is 5.39 Å². The van der Waals surface area contributed by atoms with Crippen molar-refractivity contribution in [2.75, 3.05) is 13.1 Å². The second kappa shape index (κ2) is 4.45. The molecule has 5 nitrogen and oxygen atoms in total. The predicted octanol–water partition coefficient (Wildman–Crippen LogP) is 1.77. The SMILES string of the molecule is O=c1[nH]c2c(CN3CCCC3)cnn2c2ccccc12. The number of likely N-dealkylation sites (tertiary alicyclic amines) is 1. The quantitative estimate of drug-likeness (QED) is 0.770. The van der Waals surface area contributed by atoms with Crippen LogP contribution in [0.15, 0.2) is 35.3 Å². The fraction of sp³-hybridized carbons (Fsp3) is 0.333. The lowest BCUT2D eigenvalue weighted by Crippen LogP contribution is -2.19. The lowest BCUT2D eigenvalue weighted by molar-refractivity contribution is 0.332. The van der Waals surface area contributed by atoms with E-state index in [-0.39, 0.29) is 5.56 Å². The number of H-pyrrole nitrogens is 1. The van der Waals surface area contributed by atoms with Crippen LogP contribution in [0.5, 0.6) is 0 Å². The van der Waals surface area contributed by atoms with Gasteiger partial charge in [-0.25, -0.2) is 4.52 Å². The van der Waals surface area contributed by atoms with Crippen molar-refractivity contribution in [1.82, 2.24) is 19.5 Å². The van der Waals surface area contributed by atoms with Gasteiger partial charge < -0.3 is 4.98 Å². The Morgan fingerprint density at radius 3 is 2.85 bits per heavy atom. The van der Waals surface area contributed by atoms with Crippen LogP contribution in [-0.2, 0) is 6.54 Å². The Labute approximate surface area is 115 Å². The van der Waals surface area contributed by atoms with Crippen LogP contribution >= 0.6 is 0 Å². The van der Waals surface area contributed by atoms with Gasteiger partial charge in [0.1, 0.15) is 5.65 Å². The molecule has 1 aromatic carbocycles. The fourth-order valence-corrected chi connectivity index (χ4v) is 3.02. The van der Waals surface area contributed by atoms with E-state index in [1.54, 1.807) is 0 Å². The summed E-state index contributed by atoms with van der Waals surface area (Å²) >= 11 is 0. The highest BCUT2D eigenvalue weighted by molar-refractivity contribution is 5.80. The zero-order chi connectivity index (χ0) is 13.5. The lowest BCUT2D eigenvalue weighted by atomic mass is 10.2. The number of nitrogens with zero attached hydrogens (tertiary/aromatic N) is 3. The summed E-state index contributed by atoms with van der Waals surface area (Å²) in [5.41, 5.74) is 2.73. The summed E-state index contributed by atoms with van der Waals surface area (Å²) in [7, 11) is 0. The van der Waals surface area contributed by atoms with E-state index in [2.05, 4.69) is 15.0 Å². The van der Waals surface area contributed by atoms with Crippen molar-refractivity contribution in [2.24, 2.45) is 0 Å². The first-order valence-electron chi connectivity index (χ1n) is 7.03. The van der Waals surface area contributed by atoms with Gasteiger partial charge in [0.05, 0.1) is 17.1 Å². The highest BCUT2D eigenvalue weighted by Gasteiger charge is 2.16. The number of nitrogens with one attached hydrogen (secondary N) is 1. The predicted molar refractivity (Wildman–Crippen MR) is 77.8 cm³/mol. The van der Waals surface area contributed by atoms with Crippen LogP contribution in [0.4, 0.5) is 0 Å². The molecule has 102 valence electrons. The second-order valence-corrected chi connectivity index (χ2v) is 5.38. The van der Waals surface area contributed by atoms with E-state index in [9.17, 15) is 4.79 Å². The van der Waals surface area contributed by atoms with Crippen LogP contribution in [0, 0.1) is 0 Å². The minimum absolute atomic E-state index is 0.0451. The van der Waals surface area contributed by atoms with Gasteiger partial charge in [0.15, 0.2) is 0 Å². The standard InChI is InChI=1S/C15H16N4O/c20-15-12-5-1-2-6-13(12)19-14(17-15)11(9-16-19)10-18-7-3-4-8-18/h1-2,5-6,9H,3-4,7-8,10H2,(H,17,20). The molecule has 1 aliphatic rings. The van der Waals surface area contributed by atoms with Crippen molar-refractivity contribution in [1.29, 1.82) is 0 Å². The molecule has 1 saturated heterocycles. The molecule has 0 aliphatic carbocycles. The smallest absolute Gasteiger partial charge is 0.259 e. The van der Waals surface area contributed by atoms with Gasteiger partial charge in [-0.1, -0.05) is 12.1 Å². The van der Waals surface area contributed by atoms with Crippen LogP contribution < -0.4 is 5.56 Å². The van der Waals surface area contributed by atoms with E-state index >= 15 is 0 Å². The zero-order valence-electron chi connectivity index (χ0n) is 11.2. The van der Waals surface area contributed by atoms with Crippen LogP contribution in [0.1, 0.15) is 18.4 Å². The molecule has 3 heterocycles. The van der Waals surface area contributed by atoms with Gasteiger partial charge in [0.25, 0.3) is 5.56 Å². The van der Waals surface area contributed by atoms with Crippen LogP contribution in [0.2, 0.25) is 0 Å². The van der Waals surface area contributed by atoms with Gasteiger partial charge >= 0.3 is 0 Å². The Bertz CT molecular complexity index is 827. The Balaban J connectivity index is 1.89. The molecular weight excluding hydrogens is 252 g/mol. The number of hydrogen-bond donors (Lipinski definition) is 1. The van der Waals surface area contributed by atoms with Crippen molar-refractivity contribution < 1.29 is 0 Å². The van der Waals surface area contributed by atoms with Crippen molar-refractivity contribution in [3.05, 3.63) is 46.4 Å². The van der Waals surface area contributed by atoms with Gasteiger partial charge in [-0.3, -0.25) is 9.69 Å². The number of rotatable bonds is 2. The number of para-hydroxylation sites is 1. The lowest BCUT2D eigenvalue weighted by Gasteiger charge is -2.13. The van der Waals surface area contributed by atoms with E-state index in [0.717, 1.165) is 36.4 Å². The van der Waals surface area contributed by atoms with Crippen LogP contribution in [-0.4, -0.2) is 32.6 Å². The molecule has 1 N–H and O–H groups in total. The minimum Gasteiger partial charge on any atom is -0.306 e. The maximum atomic E-state index is 12.2. The highest BCUT2D eigenvalue weighted by Crippen LogP contribution is 2.17. The molecule has 4 rings (SSSR count). The molecule has 1 aliphatic heterocycles. The topological polar surface area (TPSA) is 53.4 Å². The summed E-state index contributed by atoms with van der Waals surface area (Å²) < 4.78 is 1.84. The van der Waals surface area contributed by atoms with Gasteiger partial charge in [-0.2, -0.15) is 5.10 Å². The first-order valence-corrected chi connectivity index (χ1v) is 7.03. The molecule has 2 aromatic heterocycles. The average molecular weight is 268 g/mol. The first kappa shape index (κ1) is 11.7. The van der Waals surface area contributed by atoms with Gasteiger partial charge in [-0.15, -0.1) is 0 Å². The summed E-state index contributed by atoms with van der Waals surface area (Å²) in [6, 6.07) is 7.57. The first-order chi connectivity index (χ1) is 9.83. The fourth-order valence-electron chi connectivity index (χ4n) is 3.02. The Kier molecular flexibility index (Phi) is 2.60. The number of aromatic amines is 1. The largest absolute Gasteiger partial charge is 0.306 e. The minimum atomic E-state index is -0.0451. The van der Waals surface area contributed by atoms with Gasteiger partial charge in [0, 0.05) is 12.1 Å². The zero-order valence-corrected chi connectivity index (χ0v) is 11.2. The highest BCUT2D eigenvalue weighted by atomic mass is 16.1. The number of fused-ring (bicyclic) bond motifs is 3. The van der Waals surface area contributed by atoms with Gasteiger partial charge in [0.2, 0.25) is 0 Å². The molecule has 5 heteroatoms. The third kappa shape index (κ3) is 1.74. The number of benzene rings is 1. The number of aromatic nitrogens is 3. The van der Waals surface area contributed by atoms with Crippen molar-refractivity contribution >= 4 is 16.6 Å². The van der Waals surface area contributed by atoms with E-state index < -0.39 is 0 Å². The van der Waals surface area contributed by atoms with Crippen molar-refractivity contribution in [3.63, 3.8) is 0 Å². The number of hydrogen-bond acceptors (Lipinski definition) is 3. The maximum absolute atomic E-state index is 12.2. The van der Waals surface area contributed by atoms with E-state index in [4.69, 9.17) is 0 Å². The molecule has 3 aromatic rings. The third-order valence-electron chi connectivity index (χ3n) is 4.05. The second-order valence-electron chi connectivity index (χ2n) is 5.38. The molecule has 0 saturated carbocycles. The average Bonchev–Trinajstić information content (AvgIpc) is 3.11. The molecule has 0 atom stereocenters. The molecule has 0 unspecified atom stereocenters. The van der Waals surface area contributed by atoms with Crippen molar-refractivity contribution in [3.8, 4) is 0 Å². The molecule has 0 spiro atoms. The summed E-state index contributed by atoms with van der Waals surface area (Å²) in [4.78, 5) is 17.6. The summed E-state index contributed by atoms with van der Waals surface area (Å²) in [6.45, 7) is 3.13. The van der Waals surface area contributed by atoms with Crippen LogP contribution in [0.3, 0.4) is 0 Å². The Hall–Kier alpha value is -2.14. The Morgan fingerprint density at radius 1 is 1.20 bits per heavy atom. The van der Waals surface area contributed by atoms with Gasteiger partial charge in [-0.05, 0) is 38.1 Å². The van der Waals surface area contributed by atoms with Crippen LogP contribution in [0.25, 0.3) is 16.6 Å². The summed E-state index contributed by atoms with van der Waals surface area (Å²) in [6.07, 6.45) is 4.40. The van der Waals surface area contributed by atoms with Crippen molar-refractivity contribution in [2.45, 2.75) is 19.4 Å². The molecule has 20 heavy (non-hydrogen) atoms. The van der Waals surface area contributed by atoms with E-state index in [1.807, 2.05) is 35.0 Å². The molecule has 0 amide bonds. The Morgan fingerprint density at radius 2 is 2.00 bits per heavy atom. The summed E-state index contributed by atoms with van der Waals surface area (Å²) in [5.74, 6) is 0. The molecule has 0 radical (unpaired) electrons. The molecular formula is C15H16N4O.